The molecule has 0 radical (unpaired) electrons. The van der Waals surface area contributed by atoms with Gasteiger partial charge in [0, 0.05) is 6.42 Å². The summed E-state index contributed by atoms with van der Waals surface area (Å²) in [5.74, 6) is 0. The standard InChI is InChI=1S/C12H15ClO/c1-10-6-8-11(9-7-10)4-2-3-5-12(13)14/h6-9H,2-5H2,1H3. The van der Waals surface area contributed by atoms with Crippen molar-refractivity contribution >= 4 is 16.8 Å². The van der Waals surface area contributed by atoms with Crippen LogP contribution in [0.3, 0.4) is 0 Å². The first-order valence-electron chi connectivity index (χ1n) is 4.92. The maximum Gasteiger partial charge on any atom is 0.221 e. The number of carbonyl (C=O) groups excluding carboxylic acids is 1. The van der Waals surface area contributed by atoms with Crippen molar-refractivity contribution in [3.8, 4) is 0 Å². The molecule has 1 nitrogen and oxygen atoms in total. The predicted molar refractivity (Wildman–Crippen MR) is 59.6 cm³/mol. The molecule has 0 N–H and O–H groups in total. The lowest BCUT2D eigenvalue weighted by atomic mass is 10.1. The van der Waals surface area contributed by atoms with Crippen molar-refractivity contribution in [2.75, 3.05) is 0 Å². The molecule has 1 aromatic carbocycles. The highest BCUT2D eigenvalue weighted by atomic mass is 35.5. The zero-order valence-corrected chi connectivity index (χ0v) is 9.18. The highest BCUT2D eigenvalue weighted by Gasteiger charge is 1.97. The van der Waals surface area contributed by atoms with Gasteiger partial charge in [0.25, 0.3) is 0 Å². The van der Waals surface area contributed by atoms with Crippen LogP contribution in [0.25, 0.3) is 0 Å². The van der Waals surface area contributed by atoms with Gasteiger partial charge in [-0.25, -0.2) is 0 Å². The van der Waals surface area contributed by atoms with Gasteiger partial charge >= 0.3 is 0 Å². The van der Waals surface area contributed by atoms with Crippen molar-refractivity contribution in [1.82, 2.24) is 0 Å². The van der Waals surface area contributed by atoms with E-state index in [-0.39, 0.29) is 5.24 Å². The van der Waals surface area contributed by atoms with Crippen molar-refractivity contribution in [2.24, 2.45) is 0 Å². The Hall–Kier alpha value is -0.820. The third-order valence-electron chi connectivity index (χ3n) is 2.21. The Balaban J connectivity index is 2.25. The first-order valence-corrected chi connectivity index (χ1v) is 5.30. The van der Waals surface area contributed by atoms with Crippen LogP contribution in [0.1, 0.15) is 30.4 Å². The Morgan fingerprint density at radius 3 is 2.43 bits per heavy atom. The van der Waals surface area contributed by atoms with Gasteiger partial charge in [-0.05, 0) is 43.4 Å². The summed E-state index contributed by atoms with van der Waals surface area (Å²) in [5, 5.41) is -0.228. The molecule has 0 amide bonds. The topological polar surface area (TPSA) is 17.1 Å². The fourth-order valence-electron chi connectivity index (χ4n) is 1.35. The van der Waals surface area contributed by atoms with E-state index in [0.29, 0.717) is 6.42 Å². The Morgan fingerprint density at radius 1 is 1.21 bits per heavy atom. The molecule has 0 saturated carbocycles. The number of rotatable bonds is 5. The number of hydrogen-bond acceptors (Lipinski definition) is 1. The predicted octanol–water partition coefficient (Wildman–Crippen LogP) is 3.47. The Kier molecular flexibility index (Phi) is 4.68. The zero-order valence-electron chi connectivity index (χ0n) is 8.42. The van der Waals surface area contributed by atoms with Gasteiger partial charge in [0.2, 0.25) is 5.24 Å². The van der Waals surface area contributed by atoms with Crippen LogP contribution in [0.2, 0.25) is 0 Å². The monoisotopic (exact) mass is 210 g/mol. The second kappa shape index (κ2) is 5.82. The largest absolute Gasteiger partial charge is 0.281 e. The summed E-state index contributed by atoms with van der Waals surface area (Å²) in [4.78, 5) is 10.5. The highest BCUT2D eigenvalue weighted by molar-refractivity contribution is 6.63. The van der Waals surface area contributed by atoms with E-state index in [9.17, 15) is 4.79 Å². The van der Waals surface area contributed by atoms with Gasteiger partial charge in [-0.3, -0.25) is 4.79 Å². The van der Waals surface area contributed by atoms with Crippen LogP contribution in [0, 0.1) is 6.92 Å². The lowest BCUT2D eigenvalue weighted by Crippen LogP contribution is -1.89. The molecule has 76 valence electrons. The lowest BCUT2D eigenvalue weighted by Gasteiger charge is -2.00. The van der Waals surface area contributed by atoms with Crippen LogP contribution < -0.4 is 0 Å². The van der Waals surface area contributed by atoms with E-state index < -0.39 is 0 Å². The average Bonchev–Trinajstić information content (AvgIpc) is 2.15. The summed E-state index contributed by atoms with van der Waals surface area (Å²) < 4.78 is 0. The Labute approximate surface area is 90.1 Å². The van der Waals surface area contributed by atoms with E-state index in [1.54, 1.807) is 0 Å². The molecule has 0 aliphatic heterocycles. The van der Waals surface area contributed by atoms with Crippen LogP contribution in [-0.4, -0.2) is 5.24 Å². The van der Waals surface area contributed by atoms with Gasteiger partial charge in [0.1, 0.15) is 0 Å². The molecule has 0 aromatic heterocycles. The maximum atomic E-state index is 10.5. The summed E-state index contributed by atoms with van der Waals surface area (Å²) in [7, 11) is 0. The highest BCUT2D eigenvalue weighted by Crippen LogP contribution is 2.08. The van der Waals surface area contributed by atoms with Crippen molar-refractivity contribution < 1.29 is 4.79 Å². The molecule has 1 rings (SSSR count). The quantitative estimate of drug-likeness (QED) is 0.537. The second-order valence-corrected chi connectivity index (χ2v) is 3.97. The molecule has 2 heteroatoms. The Bertz CT molecular complexity index is 290. The summed E-state index contributed by atoms with van der Waals surface area (Å²) in [6.45, 7) is 2.08. The fourth-order valence-corrected chi connectivity index (χ4v) is 1.48. The van der Waals surface area contributed by atoms with Crippen molar-refractivity contribution in [3.63, 3.8) is 0 Å². The fraction of sp³-hybridized carbons (Fsp3) is 0.417. The van der Waals surface area contributed by atoms with Gasteiger partial charge in [0.05, 0.1) is 0 Å². The van der Waals surface area contributed by atoms with Crippen LogP contribution >= 0.6 is 11.6 Å². The third-order valence-corrected chi connectivity index (χ3v) is 2.40. The number of aryl methyl sites for hydroxylation is 2. The molecule has 14 heavy (non-hydrogen) atoms. The number of carbonyl (C=O) groups is 1. The minimum absolute atomic E-state index is 0.228. The lowest BCUT2D eigenvalue weighted by molar-refractivity contribution is -0.111. The van der Waals surface area contributed by atoms with E-state index in [1.165, 1.54) is 11.1 Å². The summed E-state index contributed by atoms with van der Waals surface area (Å²) in [6.07, 6.45) is 3.44. The van der Waals surface area contributed by atoms with E-state index in [4.69, 9.17) is 11.6 Å². The normalized spacial score (nSPS) is 10.1. The smallest absolute Gasteiger partial charge is 0.221 e. The minimum Gasteiger partial charge on any atom is -0.281 e. The van der Waals surface area contributed by atoms with Gasteiger partial charge in [0.15, 0.2) is 0 Å². The maximum absolute atomic E-state index is 10.5. The van der Waals surface area contributed by atoms with E-state index >= 15 is 0 Å². The van der Waals surface area contributed by atoms with Crippen LogP contribution in [0.15, 0.2) is 24.3 Å². The summed E-state index contributed by atoms with van der Waals surface area (Å²) in [5.41, 5.74) is 2.61. The molecular formula is C12H15ClO. The number of hydrogen-bond donors (Lipinski definition) is 0. The number of halogens is 1. The molecule has 0 heterocycles. The SMILES string of the molecule is Cc1ccc(CCCCC(=O)Cl)cc1. The number of benzene rings is 1. The molecule has 0 aliphatic rings. The van der Waals surface area contributed by atoms with Gasteiger partial charge in [-0.15, -0.1) is 0 Å². The van der Waals surface area contributed by atoms with E-state index in [1.807, 2.05) is 0 Å². The van der Waals surface area contributed by atoms with E-state index in [0.717, 1.165) is 19.3 Å². The second-order valence-electron chi connectivity index (χ2n) is 3.55. The molecule has 0 bridgehead atoms. The van der Waals surface area contributed by atoms with Crippen molar-refractivity contribution in [3.05, 3.63) is 35.4 Å². The average molecular weight is 211 g/mol. The Morgan fingerprint density at radius 2 is 1.86 bits per heavy atom. The minimum atomic E-state index is -0.228. The van der Waals surface area contributed by atoms with Gasteiger partial charge < -0.3 is 0 Å². The molecule has 0 fully saturated rings. The zero-order chi connectivity index (χ0) is 10.4. The number of unbranched alkanes of at least 4 members (excludes halogenated alkanes) is 1. The van der Waals surface area contributed by atoms with E-state index in [2.05, 4.69) is 31.2 Å². The third kappa shape index (κ3) is 4.43. The molecular weight excluding hydrogens is 196 g/mol. The molecule has 0 saturated heterocycles. The first-order chi connectivity index (χ1) is 6.68. The van der Waals surface area contributed by atoms with Crippen LogP contribution in [-0.2, 0) is 11.2 Å². The van der Waals surface area contributed by atoms with Crippen molar-refractivity contribution in [1.29, 1.82) is 0 Å². The van der Waals surface area contributed by atoms with Crippen LogP contribution in [0.4, 0.5) is 0 Å². The molecule has 0 unspecified atom stereocenters. The van der Waals surface area contributed by atoms with Gasteiger partial charge in [-0.1, -0.05) is 29.8 Å². The molecule has 0 spiro atoms. The molecule has 0 atom stereocenters. The van der Waals surface area contributed by atoms with Crippen LogP contribution in [0.5, 0.6) is 0 Å². The van der Waals surface area contributed by atoms with Gasteiger partial charge in [-0.2, -0.15) is 0 Å². The molecule has 1 aromatic rings. The first kappa shape index (κ1) is 11.3. The summed E-state index contributed by atoms with van der Waals surface area (Å²) in [6, 6.07) is 8.50. The summed E-state index contributed by atoms with van der Waals surface area (Å²) >= 11 is 5.24. The van der Waals surface area contributed by atoms with Crippen molar-refractivity contribution in [2.45, 2.75) is 32.6 Å². The molecule has 0 aliphatic carbocycles.